The zero-order chi connectivity index (χ0) is 7.98. The summed E-state index contributed by atoms with van der Waals surface area (Å²) in [5.74, 6) is -0.363. The van der Waals surface area contributed by atoms with Gasteiger partial charge in [0.05, 0.1) is 19.6 Å². The lowest BCUT2D eigenvalue weighted by molar-refractivity contribution is -0.146. The van der Waals surface area contributed by atoms with E-state index in [1.807, 2.05) is 6.92 Å². The van der Waals surface area contributed by atoms with E-state index in [1.54, 1.807) is 6.92 Å². The van der Waals surface area contributed by atoms with Crippen molar-refractivity contribution < 1.29 is 14.3 Å². The lowest BCUT2D eigenvalue weighted by Crippen LogP contribution is -2.18. The molecule has 0 rings (SSSR count). The molecule has 0 amide bonds. The second-order valence-electron chi connectivity index (χ2n) is 2.08. The predicted molar refractivity (Wildman–Crippen MR) is 37.7 cm³/mol. The van der Waals surface area contributed by atoms with Gasteiger partial charge < -0.3 is 9.47 Å². The summed E-state index contributed by atoms with van der Waals surface area (Å²) in [4.78, 5) is 10.7. The topological polar surface area (TPSA) is 35.5 Å². The Hall–Kier alpha value is -0.570. The first-order chi connectivity index (χ1) is 4.72. The van der Waals surface area contributed by atoms with E-state index in [0.29, 0.717) is 13.2 Å². The molecule has 3 nitrogen and oxygen atoms in total. The highest BCUT2D eigenvalue weighted by molar-refractivity contribution is 5.71. The summed E-state index contributed by atoms with van der Waals surface area (Å²) < 4.78 is 9.51. The van der Waals surface area contributed by atoms with Gasteiger partial charge in [0.1, 0.15) is 0 Å². The maximum Gasteiger partial charge on any atom is 0.310 e. The molecule has 0 aliphatic heterocycles. The second-order valence-corrected chi connectivity index (χ2v) is 2.08. The zero-order valence-electron chi connectivity index (χ0n) is 6.72. The summed E-state index contributed by atoms with van der Waals surface area (Å²) in [6, 6.07) is 0. The summed E-state index contributed by atoms with van der Waals surface area (Å²) in [6.07, 6.45) is 0. The van der Waals surface area contributed by atoms with Crippen LogP contribution >= 0.6 is 0 Å². The maximum absolute atomic E-state index is 10.7. The molecule has 0 spiro atoms. The molecule has 0 bridgehead atoms. The molecule has 0 aromatic rings. The Labute approximate surface area is 61.3 Å². The third-order valence-electron chi connectivity index (χ3n) is 1.18. The highest BCUT2D eigenvalue weighted by Gasteiger charge is 2.11. The van der Waals surface area contributed by atoms with Crippen molar-refractivity contribution in [1.82, 2.24) is 0 Å². The molecule has 0 N–H and O–H groups in total. The van der Waals surface area contributed by atoms with E-state index in [-0.39, 0.29) is 11.9 Å². The number of methoxy groups -OCH3 is 1. The molecule has 3 heteroatoms. The van der Waals surface area contributed by atoms with Crippen LogP contribution in [0, 0.1) is 5.92 Å². The van der Waals surface area contributed by atoms with Crippen molar-refractivity contribution >= 4 is 5.97 Å². The van der Waals surface area contributed by atoms with Crippen LogP contribution in [0.2, 0.25) is 0 Å². The van der Waals surface area contributed by atoms with Gasteiger partial charge in [0, 0.05) is 6.61 Å². The standard InChI is InChI=1S/C7H14O3/c1-4-10-5-6(2)7(8)9-3/h6H,4-5H2,1-3H3. The molecule has 10 heavy (non-hydrogen) atoms. The summed E-state index contributed by atoms with van der Waals surface area (Å²) in [6.45, 7) is 4.76. The van der Waals surface area contributed by atoms with E-state index in [9.17, 15) is 4.79 Å². The SMILES string of the molecule is CCOCC(C)C(=O)OC. The van der Waals surface area contributed by atoms with Gasteiger partial charge in [-0.1, -0.05) is 0 Å². The molecular formula is C7H14O3. The normalized spacial score (nSPS) is 12.7. The average molecular weight is 146 g/mol. The van der Waals surface area contributed by atoms with Gasteiger partial charge in [0.2, 0.25) is 0 Å². The number of rotatable bonds is 4. The third kappa shape index (κ3) is 3.45. The Balaban J connectivity index is 3.41. The van der Waals surface area contributed by atoms with E-state index < -0.39 is 0 Å². The van der Waals surface area contributed by atoms with E-state index in [1.165, 1.54) is 7.11 Å². The fourth-order valence-corrected chi connectivity index (χ4v) is 0.564. The van der Waals surface area contributed by atoms with Crippen LogP contribution < -0.4 is 0 Å². The lowest BCUT2D eigenvalue weighted by Gasteiger charge is -2.07. The van der Waals surface area contributed by atoms with Crippen molar-refractivity contribution in [2.24, 2.45) is 5.92 Å². The van der Waals surface area contributed by atoms with Gasteiger partial charge in [-0.05, 0) is 13.8 Å². The smallest absolute Gasteiger partial charge is 0.310 e. The number of hydrogen-bond donors (Lipinski definition) is 0. The van der Waals surface area contributed by atoms with Gasteiger partial charge in [-0.15, -0.1) is 0 Å². The number of ether oxygens (including phenoxy) is 2. The van der Waals surface area contributed by atoms with E-state index in [4.69, 9.17) is 4.74 Å². The van der Waals surface area contributed by atoms with Crippen molar-refractivity contribution in [3.8, 4) is 0 Å². The largest absolute Gasteiger partial charge is 0.469 e. The summed E-state index contributed by atoms with van der Waals surface area (Å²) in [5, 5.41) is 0. The van der Waals surface area contributed by atoms with E-state index in [0.717, 1.165) is 0 Å². The molecule has 1 atom stereocenters. The number of esters is 1. The van der Waals surface area contributed by atoms with Crippen molar-refractivity contribution in [3.63, 3.8) is 0 Å². The van der Waals surface area contributed by atoms with Crippen LogP contribution in [0.4, 0.5) is 0 Å². The first-order valence-electron chi connectivity index (χ1n) is 3.38. The fourth-order valence-electron chi connectivity index (χ4n) is 0.564. The molecule has 0 saturated carbocycles. The van der Waals surface area contributed by atoms with Crippen molar-refractivity contribution in [2.45, 2.75) is 13.8 Å². The fraction of sp³-hybridized carbons (Fsp3) is 0.857. The van der Waals surface area contributed by atoms with Crippen LogP contribution in [0.3, 0.4) is 0 Å². The van der Waals surface area contributed by atoms with Crippen molar-refractivity contribution in [1.29, 1.82) is 0 Å². The van der Waals surface area contributed by atoms with Crippen molar-refractivity contribution in [3.05, 3.63) is 0 Å². The minimum Gasteiger partial charge on any atom is -0.469 e. The molecule has 0 aromatic heterocycles. The highest BCUT2D eigenvalue weighted by atomic mass is 16.5. The molecule has 0 aliphatic carbocycles. The minimum atomic E-state index is -0.214. The van der Waals surface area contributed by atoms with Gasteiger partial charge in [-0.2, -0.15) is 0 Å². The summed E-state index contributed by atoms with van der Waals surface area (Å²) in [7, 11) is 1.38. The Morgan fingerprint density at radius 1 is 1.60 bits per heavy atom. The molecule has 0 aliphatic rings. The van der Waals surface area contributed by atoms with Crippen LogP contribution in [0.1, 0.15) is 13.8 Å². The van der Waals surface area contributed by atoms with Crippen LogP contribution in [0.5, 0.6) is 0 Å². The van der Waals surface area contributed by atoms with Gasteiger partial charge >= 0.3 is 5.97 Å². The maximum atomic E-state index is 10.7. The summed E-state index contributed by atoms with van der Waals surface area (Å²) >= 11 is 0. The summed E-state index contributed by atoms with van der Waals surface area (Å²) in [5.41, 5.74) is 0. The molecule has 0 saturated heterocycles. The van der Waals surface area contributed by atoms with Gasteiger partial charge in [0.25, 0.3) is 0 Å². The molecule has 0 aromatic carbocycles. The van der Waals surface area contributed by atoms with Crippen LogP contribution in [-0.4, -0.2) is 26.3 Å². The molecule has 0 fully saturated rings. The van der Waals surface area contributed by atoms with Crippen LogP contribution in [0.15, 0.2) is 0 Å². The number of carbonyl (C=O) groups excluding carboxylic acids is 1. The monoisotopic (exact) mass is 146 g/mol. The molecular weight excluding hydrogens is 132 g/mol. The first kappa shape index (κ1) is 9.43. The van der Waals surface area contributed by atoms with Crippen LogP contribution in [0.25, 0.3) is 0 Å². The lowest BCUT2D eigenvalue weighted by atomic mass is 10.2. The zero-order valence-corrected chi connectivity index (χ0v) is 6.72. The second kappa shape index (κ2) is 5.23. The third-order valence-corrected chi connectivity index (χ3v) is 1.18. The van der Waals surface area contributed by atoms with Gasteiger partial charge in [0.15, 0.2) is 0 Å². The molecule has 1 unspecified atom stereocenters. The molecule has 60 valence electrons. The van der Waals surface area contributed by atoms with Gasteiger partial charge in [-0.25, -0.2) is 0 Å². The highest BCUT2D eigenvalue weighted by Crippen LogP contribution is 1.97. The van der Waals surface area contributed by atoms with Crippen LogP contribution in [-0.2, 0) is 14.3 Å². The Kier molecular flexibility index (Phi) is 4.94. The Bertz CT molecular complexity index is 101. The van der Waals surface area contributed by atoms with Gasteiger partial charge in [-0.3, -0.25) is 4.79 Å². The molecule has 0 radical (unpaired) electrons. The molecule has 0 heterocycles. The number of carbonyl (C=O) groups is 1. The average Bonchev–Trinajstić information content (AvgIpc) is 1.98. The quantitative estimate of drug-likeness (QED) is 0.551. The first-order valence-corrected chi connectivity index (χ1v) is 3.38. The predicted octanol–water partition coefficient (Wildman–Crippen LogP) is 0.832. The Morgan fingerprint density at radius 3 is 2.60 bits per heavy atom. The Morgan fingerprint density at radius 2 is 2.20 bits per heavy atom. The minimum absolute atomic E-state index is 0.148. The van der Waals surface area contributed by atoms with E-state index in [2.05, 4.69) is 4.74 Å². The van der Waals surface area contributed by atoms with Crippen molar-refractivity contribution in [2.75, 3.05) is 20.3 Å². The number of hydrogen-bond acceptors (Lipinski definition) is 3. The van der Waals surface area contributed by atoms with E-state index >= 15 is 0 Å².